The second kappa shape index (κ2) is 8.43. The van der Waals surface area contributed by atoms with Crippen LogP contribution in [0.2, 0.25) is 0 Å². The van der Waals surface area contributed by atoms with Crippen molar-refractivity contribution in [2.24, 2.45) is 0 Å². The van der Waals surface area contributed by atoms with Gasteiger partial charge in [-0.05, 0) is 29.7 Å². The molecule has 0 spiro atoms. The molecule has 4 rings (SSSR count). The lowest BCUT2D eigenvalue weighted by molar-refractivity contribution is 0.122. The first-order valence-electron chi connectivity index (χ1n) is 9.56. The maximum atomic E-state index is 12.6. The van der Waals surface area contributed by atoms with Gasteiger partial charge in [-0.15, -0.1) is 0 Å². The Hall–Kier alpha value is -2.87. The number of ether oxygens (including phenoxy) is 2. The minimum absolute atomic E-state index is 0.0759. The summed E-state index contributed by atoms with van der Waals surface area (Å²) in [5, 5.41) is 2.99. The predicted molar refractivity (Wildman–Crippen MR) is 104 cm³/mol. The van der Waals surface area contributed by atoms with Gasteiger partial charge in [0, 0.05) is 32.4 Å². The van der Waals surface area contributed by atoms with Gasteiger partial charge >= 0.3 is 6.03 Å². The van der Waals surface area contributed by atoms with E-state index in [1.54, 1.807) is 7.11 Å². The molecule has 0 unspecified atom stereocenters. The molecule has 1 saturated heterocycles. The van der Waals surface area contributed by atoms with Gasteiger partial charge in [0.05, 0.1) is 32.6 Å². The Labute approximate surface area is 164 Å². The van der Waals surface area contributed by atoms with Crippen molar-refractivity contribution in [3.8, 4) is 5.75 Å². The van der Waals surface area contributed by atoms with E-state index in [1.165, 1.54) is 0 Å². The third-order valence-electron chi connectivity index (χ3n) is 5.12. The number of hydrogen-bond acceptors (Lipinski definition) is 6. The van der Waals surface area contributed by atoms with Gasteiger partial charge in [0.15, 0.2) is 0 Å². The number of fused-ring (bicyclic) bond motifs is 1. The Morgan fingerprint density at radius 1 is 1.21 bits per heavy atom. The molecule has 1 aromatic carbocycles. The first-order valence-corrected chi connectivity index (χ1v) is 9.56. The molecule has 1 N–H and O–H groups in total. The smallest absolute Gasteiger partial charge is 0.318 e. The number of methoxy groups -OCH3 is 1. The van der Waals surface area contributed by atoms with E-state index in [1.807, 2.05) is 35.4 Å². The van der Waals surface area contributed by atoms with Crippen molar-refractivity contribution in [1.82, 2.24) is 20.2 Å². The van der Waals surface area contributed by atoms with Crippen LogP contribution in [0.25, 0.3) is 0 Å². The molecule has 8 heteroatoms. The van der Waals surface area contributed by atoms with Crippen LogP contribution < -0.4 is 15.0 Å². The van der Waals surface area contributed by atoms with Crippen molar-refractivity contribution in [2.45, 2.75) is 19.5 Å². The second-order valence-corrected chi connectivity index (χ2v) is 6.92. The van der Waals surface area contributed by atoms with Gasteiger partial charge in [-0.25, -0.2) is 14.8 Å². The number of urea groups is 1. The van der Waals surface area contributed by atoms with Crippen LogP contribution in [-0.4, -0.2) is 60.9 Å². The molecule has 8 nitrogen and oxygen atoms in total. The molecule has 1 fully saturated rings. The maximum absolute atomic E-state index is 12.6. The molecule has 3 heterocycles. The first kappa shape index (κ1) is 18.5. The van der Waals surface area contributed by atoms with Crippen LogP contribution in [0.1, 0.15) is 16.8 Å². The van der Waals surface area contributed by atoms with E-state index in [0.717, 1.165) is 48.0 Å². The molecule has 2 amide bonds. The number of anilines is 1. The van der Waals surface area contributed by atoms with E-state index in [4.69, 9.17) is 14.5 Å². The molecule has 0 aliphatic carbocycles. The summed E-state index contributed by atoms with van der Waals surface area (Å²) in [6, 6.07) is 7.61. The molecule has 28 heavy (non-hydrogen) atoms. The lowest BCUT2D eigenvalue weighted by Gasteiger charge is -2.30. The monoisotopic (exact) mass is 383 g/mol. The molecule has 2 aliphatic rings. The highest BCUT2D eigenvalue weighted by atomic mass is 16.5. The SMILES string of the molecule is COc1ccc(CNC(=O)N2CCc3cnc(N4CCOCC4)nc3C2)cc1. The van der Waals surface area contributed by atoms with Crippen LogP contribution in [0, 0.1) is 0 Å². The minimum Gasteiger partial charge on any atom is -0.497 e. The molecule has 0 bridgehead atoms. The molecule has 148 valence electrons. The summed E-state index contributed by atoms with van der Waals surface area (Å²) in [7, 11) is 1.64. The summed E-state index contributed by atoms with van der Waals surface area (Å²) in [6.45, 7) is 4.64. The van der Waals surface area contributed by atoms with Crippen molar-refractivity contribution in [2.75, 3.05) is 44.9 Å². The van der Waals surface area contributed by atoms with Gasteiger partial charge in [0.2, 0.25) is 5.95 Å². The van der Waals surface area contributed by atoms with Gasteiger partial charge < -0.3 is 24.6 Å². The van der Waals surface area contributed by atoms with Crippen LogP contribution in [0.3, 0.4) is 0 Å². The maximum Gasteiger partial charge on any atom is 0.318 e. The van der Waals surface area contributed by atoms with Crippen molar-refractivity contribution in [3.63, 3.8) is 0 Å². The van der Waals surface area contributed by atoms with E-state index in [0.29, 0.717) is 32.8 Å². The summed E-state index contributed by atoms with van der Waals surface area (Å²) in [5.74, 6) is 1.53. The third kappa shape index (κ3) is 4.17. The van der Waals surface area contributed by atoms with Crippen LogP contribution in [0.4, 0.5) is 10.7 Å². The number of amides is 2. The number of nitrogens with one attached hydrogen (secondary N) is 1. The summed E-state index contributed by atoms with van der Waals surface area (Å²) in [4.78, 5) is 25.8. The van der Waals surface area contributed by atoms with Crippen molar-refractivity contribution < 1.29 is 14.3 Å². The van der Waals surface area contributed by atoms with Crippen molar-refractivity contribution in [1.29, 1.82) is 0 Å². The van der Waals surface area contributed by atoms with E-state index in [9.17, 15) is 4.79 Å². The second-order valence-electron chi connectivity index (χ2n) is 6.92. The summed E-state index contributed by atoms with van der Waals surface area (Å²) < 4.78 is 10.6. The number of benzene rings is 1. The fraction of sp³-hybridized carbons (Fsp3) is 0.450. The zero-order valence-corrected chi connectivity index (χ0v) is 16.1. The number of nitrogens with zero attached hydrogens (tertiary/aromatic N) is 4. The molecule has 2 aromatic rings. The number of carbonyl (C=O) groups excluding carboxylic acids is 1. The van der Waals surface area contributed by atoms with E-state index >= 15 is 0 Å². The summed E-state index contributed by atoms with van der Waals surface area (Å²) in [6.07, 6.45) is 2.68. The lowest BCUT2D eigenvalue weighted by atomic mass is 10.1. The van der Waals surface area contributed by atoms with Crippen LogP contribution >= 0.6 is 0 Å². The Bertz CT molecular complexity index is 821. The van der Waals surface area contributed by atoms with E-state index in [-0.39, 0.29) is 6.03 Å². The minimum atomic E-state index is -0.0759. The Kier molecular flexibility index (Phi) is 5.57. The standard InChI is InChI=1S/C20H25N5O3/c1-27-17-4-2-15(3-5-17)12-22-20(26)25-7-6-16-13-21-19(23-18(16)14-25)24-8-10-28-11-9-24/h2-5,13H,6-12,14H2,1H3,(H,22,26). The Morgan fingerprint density at radius 3 is 2.75 bits per heavy atom. The quantitative estimate of drug-likeness (QED) is 0.864. The van der Waals surface area contributed by atoms with E-state index < -0.39 is 0 Å². The average Bonchev–Trinajstić information content (AvgIpc) is 2.77. The molecule has 0 atom stereocenters. The van der Waals surface area contributed by atoms with Crippen molar-refractivity contribution in [3.05, 3.63) is 47.3 Å². The molecule has 2 aliphatic heterocycles. The fourth-order valence-electron chi connectivity index (χ4n) is 3.41. The topological polar surface area (TPSA) is 79.8 Å². The van der Waals surface area contributed by atoms with Crippen LogP contribution in [0.15, 0.2) is 30.5 Å². The van der Waals surface area contributed by atoms with Crippen LogP contribution in [-0.2, 0) is 24.2 Å². The number of morpholine rings is 1. The van der Waals surface area contributed by atoms with Gasteiger partial charge in [-0.2, -0.15) is 0 Å². The van der Waals surface area contributed by atoms with Crippen LogP contribution in [0.5, 0.6) is 5.75 Å². The highest BCUT2D eigenvalue weighted by molar-refractivity contribution is 5.74. The fourth-order valence-corrected chi connectivity index (χ4v) is 3.41. The van der Waals surface area contributed by atoms with Gasteiger partial charge in [0.1, 0.15) is 5.75 Å². The molecule has 0 radical (unpaired) electrons. The normalized spacial score (nSPS) is 16.5. The van der Waals surface area contributed by atoms with E-state index in [2.05, 4.69) is 15.2 Å². The zero-order valence-electron chi connectivity index (χ0n) is 16.1. The number of carbonyl (C=O) groups is 1. The Balaban J connectivity index is 1.37. The lowest BCUT2D eigenvalue weighted by Crippen LogP contribution is -2.43. The zero-order chi connectivity index (χ0) is 19.3. The average molecular weight is 383 g/mol. The number of aromatic nitrogens is 2. The molecule has 0 saturated carbocycles. The number of hydrogen-bond donors (Lipinski definition) is 1. The first-order chi connectivity index (χ1) is 13.7. The van der Waals surface area contributed by atoms with Crippen molar-refractivity contribution >= 4 is 12.0 Å². The highest BCUT2D eigenvalue weighted by Crippen LogP contribution is 2.20. The van der Waals surface area contributed by atoms with Gasteiger partial charge in [-0.1, -0.05) is 12.1 Å². The largest absolute Gasteiger partial charge is 0.497 e. The number of rotatable bonds is 4. The third-order valence-corrected chi connectivity index (χ3v) is 5.12. The summed E-state index contributed by atoms with van der Waals surface area (Å²) >= 11 is 0. The highest BCUT2D eigenvalue weighted by Gasteiger charge is 2.23. The van der Waals surface area contributed by atoms with Gasteiger partial charge in [0.25, 0.3) is 0 Å². The molecule has 1 aromatic heterocycles. The summed E-state index contributed by atoms with van der Waals surface area (Å²) in [5.41, 5.74) is 3.09. The molecular weight excluding hydrogens is 358 g/mol. The Morgan fingerprint density at radius 2 is 2.00 bits per heavy atom. The predicted octanol–water partition coefficient (Wildman–Crippen LogP) is 1.59. The van der Waals surface area contributed by atoms with Gasteiger partial charge in [-0.3, -0.25) is 0 Å². The molecular formula is C20H25N5O3.